The quantitative estimate of drug-likeness (QED) is 0.586. The maximum Gasteiger partial charge on any atom is 0.273 e. The standard InChI is InChI=1S/C15H23N3O2S/c1-3-16-12-7-13(9-14(8-12)18(19)20)17-11-5-6-15(10-11)21-4-2/h7-9,11,15-17H,3-6,10H2,1-2H3. The summed E-state index contributed by atoms with van der Waals surface area (Å²) in [4.78, 5) is 10.7. The Kier molecular flexibility index (Phi) is 5.73. The molecular formula is C15H23N3O2S. The zero-order chi connectivity index (χ0) is 15.2. The van der Waals surface area contributed by atoms with Crippen LogP contribution in [0, 0.1) is 10.1 Å². The molecule has 1 saturated carbocycles. The number of benzene rings is 1. The van der Waals surface area contributed by atoms with Gasteiger partial charge in [0.15, 0.2) is 0 Å². The second-order valence-electron chi connectivity index (χ2n) is 5.29. The summed E-state index contributed by atoms with van der Waals surface area (Å²) in [6.45, 7) is 4.92. The predicted molar refractivity (Wildman–Crippen MR) is 90.4 cm³/mol. The van der Waals surface area contributed by atoms with Crippen molar-refractivity contribution in [2.75, 3.05) is 22.9 Å². The van der Waals surface area contributed by atoms with Crippen LogP contribution in [0.2, 0.25) is 0 Å². The molecule has 116 valence electrons. The van der Waals surface area contributed by atoms with Gasteiger partial charge in [0.2, 0.25) is 0 Å². The van der Waals surface area contributed by atoms with Gasteiger partial charge in [-0.1, -0.05) is 6.92 Å². The van der Waals surface area contributed by atoms with Crippen molar-refractivity contribution >= 4 is 28.8 Å². The number of non-ortho nitro benzene ring substituents is 1. The van der Waals surface area contributed by atoms with Crippen LogP contribution >= 0.6 is 11.8 Å². The van der Waals surface area contributed by atoms with Gasteiger partial charge in [-0.2, -0.15) is 11.8 Å². The predicted octanol–water partition coefficient (Wildman–Crippen LogP) is 4.11. The molecule has 2 N–H and O–H groups in total. The van der Waals surface area contributed by atoms with E-state index in [2.05, 4.69) is 17.6 Å². The van der Waals surface area contributed by atoms with Gasteiger partial charge in [0.1, 0.15) is 0 Å². The minimum Gasteiger partial charge on any atom is -0.385 e. The number of hydrogen-bond acceptors (Lipinski definition) is 5. The van der Waals surface area contributed by atoms with E-state index in [4.69, 9.17) is 0 Å². The van der Waals surface area contributed by atoms with Crippen LogP contribution in [0.25, 0.3) is 0 Å². The third kappa shape index (κ3) is 4.52. The summed E-state index contributed by atoms with van der Waals surface area (Å²) in [6, 6.07) is 5.59. The highest BCUT2D eigenvalue weighted by Crippen LogP contribution is 2.33. The average Bonchev–Trinajstić information content (AvgIpc) is 2.86. The van der Waals surface area contributed by atoms with Crippen molar-refractivity contribution in [2.24, 2.45) is 0 Å². The molecule has 1 aromatic rings. The van der Waals surface area contributed by atoms with Gasteiger partial charge >= 0.3 is 0 Å². The third-order valence-electron chi connectivity index (χ3n) is 3.67. The van der Waals surface area contributed by atoms with Crippen molar-refractivity contribution in [3.8, 4) is 0 Å². The lowest BCUT2D eigenvalue weighted by atomic mass is 10.2. The maximum atomic E-state index is 11.0. The number of rotatable bonds is 7. The van der Waals surface area contributed by atoms with Crippen molar-refractivity contribution < 1.29 is 4.92 Å². The van der Waals surface area contributed by atoms with E-state index in [1.807, 2.05) is 24.8 Å². The van der Waals surface area contributed by atoms with Crippen LogP contribution in [0.15, 0.2) is 18.2 Å². The fourth-order valence-corrected chi connectivity index (χ4v) is 3.94. The number of nitro groups is 1. The summed E-state index contributed by atoms with van der Waals surface area (Å²) in [5.74, 6) is 1.15. The number of nitrogens with one attached hydrogen (secondary N) is 2. The molecule has 2 atom stereocenters. The molecule has 2 unspecified atom stereocenters. The first-order valence-corrected chi connectivity index (χ1v) is 8.58. The first-order valence-electron chi connectivity index (χ1n) is 7.53. The summed E-state index contributed by atoms with van der Waals surface area (Å²) in [5.41, 5.74) is 1.77. The van der Waals surface area contributed by atoms with Crippen LogP contribution < -0.4 is 10.6 Å². The molecule has 1 fully saturated rings. The van der Waals surface area contributed by atoms with Crippen LogP contribution in [0.1, 0.15) is 33.1 Å². The van der Waals surface area contributed by atoms with Crippen molar-refractivity contribution in [3.63, 3.8) is 0 Å². The highest BCUT2D eigenvalue weighted by atomic mass is 32.2. The molecule has 0 amide bonds. The summed E-state index contributed by atoms with van der Waals surface area (Å²) in [5, 5.41) is 18.4. The number of anilines is 2. The Bertz CT molecular complexity index is 496. The zero-order valence-corrected chi connectivity index (χ0v) is 13.4. The van der Waals surface area contributed by atoms with Gasteiger partial charge < -0.3 is 10.6 Å². The van der Waals surface area contributed by atoms with Gasteiger partial charge in [-0.3, -0.25) is 10.1 Å². The Labute approximate surface area is 130 Å². The summed E-state index contributed by atoms with van der Waals surface area (Å²) < 4.78 is 0. The molecule has 0 radical (unpaired) electrons. The van der Waals surface area contributed by atoms with E-state index in [-0.39, 0.29) is 10.6 Å². The molecule has 0 aliphatic heterocycles. The van der Waals surface area contributed by atoms with Crippen molar-refractivity contribution in [1.29, 1.82) is 0 Å². The molecule has 6 heteroatoms. The molecular weight excluding hydrogens is 286 g/mol. The van der Waals surface area contributed by atoms with E-state index < -0.39 is 0 Å². The lowest BCUT2D eigenvalue weighted by Gasteiger charge is -2.15. The van der Waals surface area contributed by atoms with E-state index in [0.717, 1.165) is 41.8 Å². The van der Waals surface area contributed by atoms with Crippen LogP contribution in [-0.4, -0.2) is 28.5 Å². The second-order valence-corrected chi connectivity index (χ2v) is 6.87. The number of nitrogens with zero attached hydrogens (tertiary/aromatic N) is 1. The van der Waals surface area contributed by atoms with Crippen LogP contribution in [0.3, 0.4) is 0 Å². The van der Waals surface area contributed by atoms with E-state index in [1.54, 1.807) is 12.1 Å². The number of hydrogen-bond donors (Lipinski definition) is 2. The second kappa shape index (κ2) is 7.54. The van der Waals surface area contributed by atoms with Crippen molar-refractivity contribution in [1.82, 2.24) is 0 Å². The Morgan fingerprint density at radius 1 is 1.29 bits per heavy atom. The van der Waals surface area contributed by atoms with E-state index in [9.17, 15) is 10.1 Å². The fourth-order valence-electron chi connectivity index (χ4n) is 2.80. The van der Waals surface area contributed by atoms with Crippen LogP contribution in [0.5, 0.6) is 0 Å². The Morgan fingerprint density at radius 2 is 2.05 bits per heavy atom. The van der Waals surface area contributed by atoms with Crippen molar-refractivity contribution in [2.45, 2.75) is 44.4 Å². The topological polar surface area (TPSA) is 67.2 Å². The summed E-state index contributed by atoms with van der Waals surface area (Å²) in [6.07, 6.45) is 3.50. The molecule has 21 heavy (non-hydrogen) atoms. The lowest BCUT2D eigenvalue weighted by Crippen LogP contribution is -2.16. The van der Waals surface area contributed by atoms with Crippen molar-refractivity contribution in [3.05, 3.63) is 28.3 Å². The fraction of sp³-hybridized carbons (Fsp3) is 0.600. The highest BCUT2D eigenvalue weighted by molar-refractivity contribution is 7.99. The van der Waals surface area contributed by atoms with Gasteiger partial charge in [0, 0.05) is 41.3 Å². The average molecular weight is 309 g/mol. The molecule has 0 spiro atoms. The van der Waals surface area contributed by atoms with E-state index >= 15 is 0 Å². The van der Waals surface area contributed by atoms with Gasteiger partial charge in [0.25, 0.3) is 5.69 Å². The molecule has 0 heterocycles. The third-order valence-corrected chi connectivity index (χ3v) is 4.90. The summed E-state index contributed by atoms with van der Waals surface area (Å²) in [7, 11) is 0. The minimum atomic E-state index is -0.337. The summed E-state index contributed by atoms with van der Waals surface area (Å²) >= 11 is 2.01. The molecule has 1 aliphatic carbocycles. The highest BCUT2D eigenvalue weighted by Gasteiger charge is 2.24. The Balaban J connectivity index is 2.07. The van der Waals surface area contributed by atoms with Gasteiger partial charge in [-0.25, -0.2) is 0 Å². The molecule has 0 aromatic heterocycles. The molecule has 0 saturated heterocycles. The van der Waals surface area contributed by atoms with Gasteiger partial charge in [-0.15, -0.1) is 0 Å². The first-order chi connectivity index (χ1) is 10.1. The molecule has 2 rings (SSSR count). The zero-order valence-electron chi connectivity index (χ0n) is 12.6. The molecule has 5 nitrogen and oxygen atoms in total. The largest absolute Gasteiger partial charge is 0.385 e. The number of thioether (sulfide) groups is 1. The monoisotopic (exact) mass is 309 g/mol. The number of nitro benzene ring substituents is 1. The Hall–Kier alpha value is -1.43. The van der Waals surface area contributed by atoms with Gasteiger partial charge in [0.05, 0.1) is 4.92 Å². The van der Waals surface area contributed by atoms with Crippen LogP contribution in [0.4, 0.5) is 17.1 Å². The van der Waals surface area contributed by atoms with E-state index in [1.165, 1.54) is 6.42 Å². The molecule has 0 bridgehead atoms. The Morgan fingerprint density at radius 3 is 2.71 bits per heavy atom. The molecule has 1 aromatic carbocycles. The van der Waals surface area contributed by atoms with Gasteiger partial charge in [-0.05, 0) is 38.0 Å². The smallest absolute Gasteiger partial charge is 0.273 e. The van der Waals surface area contributed by atoms with E-state index in [0.29, 0.717) is 6.04 Å². The lowest BCUT2D eigenvalue weighted by molar-refractivity contribution is -0.384. The minimum absolute atomic E-state index is 0.133. The SMILES string of the molecule is CCNc1cc(NC2CCC(SCC)C2)cc([N+](=O)[O-])c1. The van der Waals surface area contributed by atoms with Crippen LogP contribution in [-0.2, 0) is 0 Å². The maximum absolute atomic E-state index is 11.0. The first kappa shape index (κ1) is 15.9. The normalized spacial score (nSPS) is 21.2. The molecule has 1 aliphatic rings.